The van der Waals surface area contributed by atoms with Gasteiger partial charge in [-0.3, -0.25) is 9.69 Å². The first-order valence-electron chi connectivity index (χ1n) is 12.2. The van der Waals surface area contributed by atoms with Crippen molar-refractivity contribution in [1.82, 2.24) is 15.2 Å². The van der Waals surface area contributed by atoms with Crippen molar-refractivity contribution in [2.45, 2.75) is 39.7 Å². The summed E-state index contributed by atoms with van der Waals surface area (Å²) in [6.45, 7) is 11.6. The number of nitrogens with one attached hydrogen (secondary N) is 1. The maximum absolute atomic E-state index is 12.9. The van der Waals surface area contributed by atoms with Gasteiger partial charge in [-0.2, -0.15) is 10.2 Å². The van der Waals surface area contributed by atoms with Crippen LogP contribution in [0.15, 0.2) is 51.5 Å². The van der Waals surface area contributed by atoms with Crippen molar-refractivity contribution in [3.05, 3.63) is 59.5 Å². The van der Waals surface area contributed by atoms with E-state index in [2.05, 4.69) is 73.2 Å². The van der Waals surface area contributed by atoms with Gasteiger partial charge in [0.05, 0.1) is 18.8 Å². The third-order valence-corrected chi connectivity index (χ3v) is 6.42. The summed E-state index contributed by atoms with van der Waals surface area (Å²) in [4.78, 5) is 21.3. The van der Waals surface area contributed by atoms with Crippen LogP contribution in [0.3, 0.4) is 0 Å². The van der Waals surface area contributed by atoms with E-state index in [1.165, 1.54) is 5.56 Å². The van der Waals surface area contributed by atoms with E-state index in [9.17, 15) is 10.1 Å². The number of hydrogen-bond acceptors (Lipinski definition) is 7. The highest BCUT2D eigenvalue weighted by Crippen LogP contribution is 2.29. The average Bonchev–Trinajstić information content (AvgIpc) is 3.53. The van der Waals surface area contributed by atoms with E-state index in [1.807, 2.05) is 4.90 Å². The van der Waals surface area contributed by atoms with Gasteiger partial charge in [-0.15, -0.1) is 0 Å². The Hall–Kier alpha value is -3.57. The van der Waals surface area contributed by atoms with Gasteiger partial charge in [-0.05, 0) is 35.1 Å². The second-order valence-electron chi connectivity index (χ2n) is 9.64. The number of piperazine rings is 1. The molecule has 4 rings (SSSR count). The fraction of sp³-hybridized carbons (Fsp3) is 0.444. The number of nitriles is 1. The molecule has 184 valence electrons. The Morgan fingerprint density at radius 1 is 1.09 bits per heavy atom. The fourth-order valence-corrected chi connectivity index (χ4v) is 4.36. The molecule has 1 aliphatic heterocycles. The Morgan fingerprint density at radius 3 is 2.34 bits per heavy atom. The lowest BCUT2D eigenvalue weighted by Gasteiger charge is -2.34. The van der Waals surface area contributed by atoms with E-state index in [-0.39, 0.29) is 23.6 Å². The Balaban J connectivity index is 1.34. The summed E-state index contributed by atoms with van der Waals surface area (Å²) in [6.07, 6.45) is 1.54. The first-order chi connectivity index (χ1) is 16.9. The van der Waals surface area contributed by atoms with Gasteiger partial charge >= 0.3 is 0 Å². The maximum Gasteiger partial charge on any atom is 0.266 e. The van der Waals surface area contributed by atoms with Gasteiger partial charge in [-0.1, -0.05) is 52.0 Å². The molecule has 0 radical (unpaired) electrons. The number of carbonyl (C=O) groups excluding carboxylic acids is 1. The quantitative estimate of drug-likeness (QED) is 0.510. The van der Waals surface area contributed by atoms with Gasteiger partial charge in [-0.25, -0.2) is 0 Å². The van der Waals surface area contributed by atoms with E-state index in [1.54, 1.807) is 18.4 Å². The van der Waals surface area contributed by atoms with Crippen LogP contribution in [0.1, 0.15) is 56.5 Å². The van der Waals surface area contributed by atoms with E-state index >= 15 is 0 Å². The van der Waals surface area contributed by atoms with E-state index in [0.717, 1.165) is 5.56 Å². The smallest absolute Gasteiger partial charge is 0.266 e. The zero-order valence-corrected chi connectivity index (χ0v) is 20.8. The van der Waals surface area contributed by atoms with Crippen LogP contribution in [-0.2, 0) is 4.79 Å². The third-order valence-electron chi connectivity index (χ3n) is 6.42. The van der Waals surface area contributed by atoms with Crippen LogP contribution in [0.25, 0.3) is 11.7 Å². The van der Waals surface area contributed by atoms with Gasteiger partial charge in [0.2, 0.25) is 17.5 Å². The average molecular weight is 476 g/mol. The highest BCUT2D eigenvalue weighted by Gasteiger charge is 2.27. The molecule has 1 aromatic carbocycles. The molecule has 8 heteroatoms. The number of furan rings is 1. The molecule has 0 aliphatic carbocycles. The Morgan fingerprint density at radius 2 is 1.77 bits per heavy atom. The van der Waals surface area contributed by atoms with Crippen LogP contribution in [0.5, 0.6) is 0 Å². The molecule has 35 heavy (non-hydrogen) atoms. The van der Waals surface area contributed by atoms with E-state index < -0.39 is 0 Å². The Labute approximate surface area is 206 Å². The van der Waals surface area contributed by atoms with E-state index in [4.69, 9.17) is 8.83 Å². The summed E-state index contributed by atoms with van der Waals surface area (Å²) in [7, 11) is 0. The fourth-order valence-electron chi connectivity index (χ4n) is 4.36. The van der Waals surface area contributed by atoms with E-state index in [0.29, 0.717) is 56.2 Å². The molecule has 2 aromatic heterocycles. The highest BCUT2D eigenvalue weighted by molar-refractivity contribution is 5.78. The van der Waals surface area contributed by atoms with Crippen molar-refractivity contribution in [2.24, 2.45) is 5.92 Å². The number of oxazole rings is 1. The first-order valence-corrected chi connectivity index (χ1v) is 12.2. The zero-order chi connectivity index (χ0) is 24.9. The van der Waals surface area contributed by atoms with Crippen LogP contribution >= 0.6 is 0 Å². The van der Waals surface area contributed by atoms with Gasteiger partial charge in [0.25, 0.3) is 5.89 Å². The zero-order valence-electron chi connectivity index (χ0n) is 20.8. The lowest BCUT2D eigenvalue weighted by Crippen LogP contribution is -2.50. The van der Waals surface area contributed by atoms with Crippen LogP contribution in [0.4, 0.5) is 5.88 Å². The van der Waals surface area contributed by atoms with Crippen molar-refractivity contribution < 1.29 is 13.6 Å². The molecule has 1 fully saturated rings. The highest BCUT2D eigenvalue weighted by atomic mass is 16.4. The van der Waals surface area contributed by atoms with Crippen LogP contribution in [0.2, 0.25) is 0 Å². The monoisotopic (exact) mass is 475 g/mol. The minimum atomic E-state index is -0.0302. The van der Waals surface area contributed by atoms with Crippen molar-refractivity contribution >= 4 is 11.8 Å². The number of benzene rings is 1. The molecular weight excluding hydrogens is 442 g/mol. The number of rotatable bonds is 8. The van der Waals surface area contributed by atoms with Gasteiger partial charge in [0.1, 0.15) is 6.07 Å². The summed E-state index contributed by atoms with van der Waals surface area (Å²) in [6, 6.07) is 14.1. The molecule has 3 heterocycles. The normalized spacial score (nSPS) is 15.4. The number of anilines is 1. The number of nitrogens with zero attached hydrogens (tertiary/aromatic N) is 4. The summed E-state index contributed by atoms with van der Waals surface area (Å²) in [5, 5.41) is 12.7. The molecule has 0 saturated carbocycles. The minimum Gasteiger partial charge on any atom is -0.459 e. The molecule has 1 saturated heterocycles. The summed E-state index contributed by atoms with van der Waals surface area (Å²) >= 11 is 0. The second kappa shape index (κ2) is 10.8. The summed E-state index contributed by atoms with van der Waals surface area (Å²) < 4.78 is 11.2. The Bertz CT molecular complexity index is 1150. The predicted octanol–water partition coefficient (Wildman–Crippen LogP) is 4.57. The summed E-state index contributed by atoms with van der Waals surface area (Å²) in [5.74, 6) is 2.01. The van der Waals surface area contributed by atoms with Crippen LogP contribution < -0.4 is 10.2 Å². The molecule has 1 aliphatic rings. The van der Waals surface area contributed by atoms with Crippen molar-refractivity contribution in [2.75, 3.05) is 37.6 Å². The Kier molecular flexibility index (Phi) is 7.57. The maximum atomic E-state index is 12.9. The third kappa shape index (κ3) is 5.75. The van der Waals surface area contributed by atoms with Gasteiger partial charge < -0.3 is 19.1 Å². The number of aromatic nitrogens is 1. The largest absolute Gasteiger partial charge is 0.459 e. The van der Waals surface area contributed by atoms with Crippen molar-refractivity contribution in [3.8, 4) is 17.7 Å². The standard InChI is InChI=1S/C27H33N5O3/c1-18(2)20-7-9-21(10-8-20)25(19(3)4)30-24(33)17-31-11-13-32(14-12-31)27-22(16-28)29-26(35-27)23-6-5-15-34-23/h5-10,15,18-19,25H,11-14,17H2,1-4H3,(H,30,33). The summed E-state index contributed by atoms with van der Waals surface area (Å²) in [5.41, 5.74) is 2.66. The first kappa shape index (κ1) is 24.6. The molecular formula is C27H33N5O3. The minimum absolute atomic E-state index is 0.0163. The van der Waals surface area contributed by atoms with Crippen molar-refractivity contribution in [3.63, 3.8) is 0 Å². The molecule has 0 bridgehead atoms. The molecule has 1 amide bonds. The van der Waals surface area contributed by atoms with Gasteiger partial charge in [0, 0.05) is 26.2 Å². The topological polar surface area (TPSA) is 98.5 Å². The van der Waals surface area contributed by atoms with Crippen LogP contribution in [-0.4, -0.2) is 48.5 Å². The molecule has 1 N–H and O–H groups in total. The van der Waals surface area contributed by atoms with Crippen LogP contribution in [0, 0.1) is 17.2 Å². The van der Waals surface area contributed by atoms with Gasteiger partial charge in [0.15, 0.2) is 5.76 Å². The second-order valence-corrected chi connectivity index (χ2v) is 9.64. The number of hydrogen-bond donors (Lipinski definition) is 1. The molecule has 1 atom stereocenters. The lowest BCUT2D eigenvalue weighted by molar-refractivity contribution is -0.123. The molecule has 3 aromatic rings. The predicted molar refractivity (Wildman–Crippen MR) is 134 cm³/mol. The molecule has 1 unspecified atom stereocenters. The van der Waals surface area contributed by atoms with Crippen molar-refractivity contribution in [1.29, 1.82) is 5.26 Å². The molecule has 8 nitrogen and oxygen atoms in total. The molecule has 0 spiro atoms. The number of amides is 1. The lowest BCUT2D eigenvalue weighted by atomic mass is 9.93. The SMILES string of the molecule is CC(C)c1ccc(C(NC(=O)CN2CCN(c3oc(-c4ccco4)nc3C#N)CC2)C(C)C)cc1. The number of carbonyl (C=O) groups is 1.